The molecule has 1 aliphatic heterocycles. The van der Waals surface area contributed by atoms with Gasteiger partial charge in [0, 0.05) is 36.3 Å². The first-order valence-electron chi connectivity index (χ1n) is 11.0. The molecule has 2 amide bonds. The van der Waals surface area contributed by atoms with Gasteiger partial charge in [0.25, 0.3) is 17.5 Å². The molecule has 0 aliphatic carbocycles. The highest BCUT2D eigenvalue weighted by molar-refractivity contribution is 5.95. The second kappa shape index (κ2) is 10.2. The molecule has 182 valence electrons. The average molecular weight is 480 g/mol. The summed E-state index contributed by atoms with van der Waals surface area (Å²) in [6.07, 6.45) is 0.650. The maximum absolute atomic E-state index is 13.1. The van der Waals surface area contributed by atoms with E-state index in [0.717, 1.165) is 5.56 Å². The Kier molecular flexibility index (Phi) is 6.95. The Morgan fingerprint density at radius 3 is 2.74 bits per heavy atom. The molecule has 11 heteroatoms. The standard InChI is InChI=1S/C24H24N4O7/c1-3-15(2)27(24(30)17-5-4-6-18(10-17)28(31)32)13-19-11-20(26-35-19)23(29)25-12-16-7-8-21-22(9-16)34-14-33-21/h4-11,15H,3,12-14H2,1-2H3,(H,25,29). The largest absolute Gasteiger partial charge is 0.454 e. The van der Waals surface area contributed by atoms with Crippen molar-refractivity contribution in [3.63, 3.8) is 0 Å². The molecule has 0 saturated heterocycles. The number of nitro groups is 1. The Morgan fingerprint density at radius 2 is 1.97 bits per heavy atom. The van der Waals surface area contributed by atoms with Crippen LogP contribution < -0.4 is 14.8 Å². The number of aromatic nitrogens is 1. The van der Waals surface area contributed by atoms with E-state index >= 15 is 0 Å². The molecule has 0 spiro atoms. The number of hydrogen-bond acceptors (Lipinski definition) is 8. The monoisotopic (exact) mass is 480 g/mol. The number of rotatable bonds is 9. The van der Waals surface area contributed by atoms with Gasteiger partial charge < -0.3 is 24.2 Å². The molecule has 3 aromatic rings. The second-order valence-corrected chi connectivity index (χ2v) is 8.05. The molecule has 0 radical (unpaired) electrons. The Bertz CT molecular complexity index is 1260. The van der Waals surface area contributed by atoms with E-state index in [1.54, 1.807) is 12.1 Å². The van der Waals surface area contributed by atoms with Crippen molar-refractivity contribution in [1.29, 1.82) is 0 Å². The smallest absolute Gasteiger partial charge is 0.273 e. The fourth-order valence-electron chi connectivity index (χ4n) is 3.55. The number of non-ortho nitro benzene ring substituents is 1. The van der Waals surface area contributed by atoms with Gasteiger partial charge in [0.2, 0.25) is 6.79 Å². The summed E-state index contributed by atoms with van der Waals surface area (Å²) in [4.78, 5) is 37.8. The van der Waals surface area contributed by atoms with Gasteiger partial charge in [-0.2, -0.15) is 0 Å². The van der Waals surface area contributed by atoms with Gasteiger partial charge in [-0.1, -0.05) is 24.2 Å². The van der Waals surface area contributed by atoms with E-state index in [2.05, 4.69) is 10.5 Å². The lowest BCUT2D eigenvalue weighted by molar-refractivity contribution is -0.384. The summed E-state index contributed by atoms with van der Waals surface area (Å²) in [5.74, 6) is 0.786. The predicted molar refractivity (Wildman–Crippen MR) is 123 cm³/mol. The highest BCUT2D eigenvalue weighted by Crippen LogP contribution is 2.32. The van der Waals surface area contributed by atoms with Gasteiger partial charge in [-0.3, -0.25) is 19.7 Å². The van der Waals surface area contributed by atoms with Crippen LogP contribution in [-0.4, -0.2) is 39.6 Å². The third-order valence-electron chi connectivity index (χ3n) is 5.70. The summed E-state index contributed by atoms with van der Waals surface area (Å²) in [7, 11) is 0. The minimum absolute atomic E-state index is 0.0545. The Balaban J connectivity index is 1.43. The number of ether oxygens (including phenoxy) is 2. The van der Waals surface area contributed by atoms with Crippen molar-refractivity contribution in [2.45, 2.75) is 39.4 Å². The first-order valence-corrected chi connectivity index (χ1v) is 11.0. The van der Waals surface area contributed by atoms with Gasteiger partial charge in [-0.25, -0.2) is 0 Å². The van der Waals surface area contributed by atoms with Crippen molar-refractivity contribution in [2.24, 2.45) is 0 Å². The molecule has 2 aromatic carbocycles. The molecule has 0 fully saturated rings. The number of carbonyl (C=O) groups excluding carboxylic acids is 2. The molecule has 1 unspecified atom stereocenters. The summed E-state index contributed by atoms with van der Waals surface area (Å²) in [6, 6.07) is 12.3. The Labute approximate surface area is 200 Å². The molecule has 0 bridgehead atoms. The van der Waals surface area contributed by atoms with E-state index < -0.39 is 10.8 Å². The van der Waals surface area contributed by atoms with Crippen LogP contribution in [0.5, 0.6) is 11.5 Å². The lowest BCUT2D eigenvalue weighted by Crippen LogP contribution is -2.37. The first kappa shape index (κ1) is 23.7. The minimum atomic E-state index is -0.546. The molecular formula is C24H24N4O7. The van der Waals surface area contributed by atoms with Crippen LogP contribution in [0.25, 0.3) is 0 Å². The zero-order valence-corrected chi connectivity index (χ0v) is 19.2. The quantitative estimate of drug-likeness (QED) is 0.362. The van der Waals surface area contributed by atoms with Crippen LogP contribution in [0.4, 0.5) is 5.69 Å². The lowest BCUT2D eigenvalue weighted by atomic mass is 10.1. The maximum atomic E-state index is 13.1. The third-order valence-corrected chi connectivity index (χ3v) is 5.70. The van der Waals surface area contributed by atoms with Gasteiger partial charge in [0.05, 0.1) is 11.5 Å². The predicted octanol–water partition coefficient (Wildman–Crippen LogP) is 3.68. The Hall–Kier alpha value is -4.41. The van der Waals surface area contributed by atoms with E-state index in [-0.39, 0.29) is 48.8 Å². The highest BCUT2D eigenvalue weighted by atomic mass is 16.7. The van der Waals surface area contributed by atoms with Crippen molar-refractivity contribution in [3.8, 4) is 11.5 Å². The number of nitrogens with zero attached hydrogens (tertiary/aromatic N) is 3. The van der Waals surface area contributed by atoms with E-state index in [9.17, 15) is 19.7 Å². The number of nitrogens with one attached hydrogen (secondary N) is 1. The summed E-state index contributed by atoms with van der Waals surface area (Å²) in [5.41, 5.74) is 0.936. The first-order chi connectivity index (χ1) is 16.9. The van der Waals surface area contributed by atoms with E-state index in [1.807, 2.05) is 19.9 Å². The van der Waals surface area contributed by atoms with Crippen LogP contribution in [0, 0.1) is 10.1 Å². The molecule has 1 atom stereocenters. The zero-order chi connectivity index (χ0) is 24.9. The molecule has 1 aliphatic rings. The molecule has 11 nitrogen and oxygen atoms in total. The molecule has 4 rings (SSSR count). The lowest BCUT2D eigenvalue weighted by Gasteiger charge is -2.27. The fraction of sp³-hybridized carbons (Fsp3) is 0.292. The molecule has 2 heterocycles. The molecule has 1 N–H and O–H groups in total. The summed E-state index contributed by atoms with van der Waals surface area (Å²) in [5, 5.41) is 17.7. The van der Waals surface area contributed by atoms with Crippen LogP contribution >= 0.6 is 0 Å². The van der Waals surface area contributed by atoms with Crippen LogP contribution in [0.1, 0.15) is 52.4 Å². The van der Waals surface area contributed by atoms with Crippen molar-refractivity contribution >= 4 is 17.5 Å². The van der Waals surface area contributed by atoms with Crippen LogP contribution in [-0.2, 0) is 13.1 Å². The van der Waals surface area contributed by atoms with E-state index in [1.165, 1.54) is 35.2 Å². The van der Waals surface area contributed by atoms with Gasteiger partial charge in [-0.15, -0.1) is 0 Å². The summed E-state index contributed by atoms with van der Waals surface area (Å²) < 4.78 is 15.9. The molecular weight excluding hydrogens is 456 g/mol. The van der Waals surface area contributed by atoms with Crippen LogP contribution in [0.3, 0.4) is 0 Å². The van der Waals surface area contributed by atoms with Crippen molar-refractivity contribution in [2.75, 3.05) is 6.79 Å². The number of benzene rings is 2. The van der Waals surface area contributed by atoms with Gasteiger partial charge in [0.15, 0.2) is 23.0 Å². The van der Waals surface area contributed by atoms with E-state index in [0.29, 0.717) is 23.7 Å². The van der Waals surface area contributed by atoms with Crippen LogP contribution in [0.2, 0.25) is 0 Å². The number of carbonyl (C=O) groups is 2. The summed E-state index contributed by atoms with van der Waals surface area (Å²) >= 11 is 0. The molecule has 1 aromatic heterocycles. The third kappa shape index (κ3) is 5.40. The number of fused-ring (bicyclic) bond motifs is 1. The SMILES string of the molecule is CCC(C)N(Cc1cc(C(=O)NCc2ccc3c(c2)OCO3)no1)C(=O)c1cccc([N+](=O)[O-])c1. The minimum Gasteiger partial charge on any atom is -0.454 e. The Morgan fingerprint density at radius 1 is 1.17 bits per heavy atom. The average Bonchev–Trinajstić information content (AvgIpc) is 3.54. The van der Waals surface area contributed by atoms with Gasteiger partial charge >= 0.3 is 0 Å². The normalized spacial score (nSPS) is 12.7. The fourth-order valence-corrected chi connectivity index (χ4v) is 3.55. The maximum Gasteiger partial charge on any atom is 0.273 e. The number of amides is 2. The van der Waals surface area contributed by atoms with Crippen molar-refractivity contribution in [3.05, 3.63) is 81.2 Å². The van der Waals surface area contributed by atoms with Gasteiger partial charge in [-0.05, 0) is 37.1 Å². The zero-order valence-electron chi connectivity index (χ0n) is 19.2. The molecule has 35 heavy (non-hydrogen) atoms. The van der Waals surface area contributed by atoms with Crippen molar-refractivity contribution < 1.29 is 28.5 Å². The topological polar surface area (TPSA) is 137 Å². The van der Waals surface area contributed by atoms with Gasteiger partial charge in [0.1, 0.15) is 0 Å². The summed E-state index contributed by atoms with van der Waals surface area (Å²) in [6.45, 7) is 4.27. The molecule has 0 saturated carbocycles. The van der Waals surface area contributed by atoms with E-state index in [4.69, 9.17) is 14.0 Å². The van der Waals surface area contributed by atoms with Crippen LogP contribution in [0.15, 0.2) is 53.1 Å². The number of nitro benzene ring substituents is 1. The second-order valence-electron chi connectivity index (χ2n) is 8.05. The van der Waals surface area contributed by atoms with Crippen molar-refractivity contribution in [1.82, 2.24) is 15.4 Å². The highest BCUT2D eigenvalue weighted by Gasteiger charge is 2.25. The number of hydrogen-bond donors (Lipinski definition) is 1.